The first-order valence-corrected chi connectivity index (χ1v) is 7.06. The first kappa shape index (κ1) is 20.5. The molecule has 0 saturated carbocycles. The van der Waals surface area contributed by atoms with Crippen molar-refractivity contribution in [3.8, 4) is 5.75 Å². The monoisotopic (exact) mass is 420 g/mol. The molecule has 0 aliphatic rings. The Hall–Kier alpha value is -1.51. The first-order chi connectivity index (χ1) is 10.0. The molecule has 0 aliphatic carbocycles. The lowest BCUT2D eigenvalue weighted by Crippen LogP contribution is -2.40. The third kappa shape index (κ3) is 8.71. The Morgan fingerprint density at radius 3 is 2.73 bits per heavy atom. The summed E-state index contributed by atoms with van der Waals surface area (Å²) in [5, 5.41) is 6.44. The van der Waals surface area contributed by atoms with Crippen LogP contribution in [0.1, 0.15) is 26.3 Å². The van der Waals surface area contributed by atoms with Crippen molar-refractivity contribution in [2.45, 2.75) is 33.4 Å². The van der Waals surface area contributed by atoms with Gasteiger partial charge in [0.25, 0.3) is 5.91 Å². The first-order valence-electron chi connectivity index (χ1n) is 7.06. The van der Waals surface area contributed by atoms with Gasteiger partial charge in [0.2, 0.25) is 0 Å². The van der Waals surface area contributed by atoms with Crippen LogP contribution in [0.15, 0.2) is 29.3 Å². The van der Waals surface area contributed by atoms with Crippen LogP contribution < -0.4 is 21.1 Å². The summed E-state index contributed by atoms with van der Waals surface area (Å²) in [5.41, 5.74) is 6.05. The van der Waals surface area contributed by atoms with Gasteiger partial charge in [0, 0.05) is 12.6 Å². The molecule has 0 aliphatic heterocycles. The Kier molecular flexibility index (Phi) is 10.3. The van der Waals surface area contributed by atoms with Crippen LogP contribution in [0.2, 0.25) is 0 Å². The number of nitrogens with two attached hydrogens (primary N) is 1. The summed E-state index contributed by atoms with van der Waals surface area (Å²) in [5.74, 6) is 0.897. The van der Waals surface area contributed by atoms with E-state index in [1.807, 2.05) is 25.1 Å². The van der Waals surface area contributed by atoms with Crippen LogP contribution in [0.4, 0.5) is 0 Å². The molecule has 1 amide bonds. The van der Waals surface area contributed by atoms with Crippen molar-refractivity contribution >= 4 is 35.8 Å². The van der Waals surface area contributed by atoms with E-state index in [1.165, 1.54) is 0 Å². The average molecular weight is 420 g/mol. The molecule has 0 aromatic heterocycles. The number of nitrogens with zero attached hydrogens (tertiary/aromatic N) is 1. The van der Waals surface area contributed by atoms with Gasteiger partial charge in [0.15, 0.2) is 12.6 Å². The number of benzene rings is 1. The fraction of sp³-hybridized carbons (Fsp3) is 0.467. The van der Waals surface area contributed by atoms with Crippen LogP contribution in [-0.2, 0) is 11.3 Å². The standard InChI is InChI=1S/C15H24N4O2.HI/c1-4-17-15(19-11(2)3)18-9-12-6-5-7-13(8-12)21-10-14(16)20;/h5-8,11H,4,9-10H2,1-3H3,(H2,16,20)(H2,17,18,19);1H. The second kappa shape index (κ2) is 11.1. The van der Waals surface area contributed by atoms with Crippen molar-refractivity contribution < 1.29 is 9.53 Å². The molecule has 7 heteroatoms. The van der Waals surface area contributed by atoms with E-state index in [-0.39, 0.29) is 30.6 Å². The summed E-state index contributed by atoms with van der Waals surface area (Å²) in [6.45, 7) is 7.35. The van der Waals surface area contributed by atoms with Crippen LogP contribution >= 0.6 is 24.0 Å². The Morgan fingerprint density at radius 1 is 1.41 bits per heavy atom. The molecule has 0 heterocycles. The van der Waals surface area contributed by atoms with E-state index in [4.69, 9.17) is 10.5 Å². The van der Waals surface area contributed by atoms with Crippen LogP contribution in [-0.4, -0.2) is 31.1 Å². The van der Waals surface area contributed by atoms with E-state index in [2.05, 4.69) is 29.5 Å². The number of amides is 1. The van der Waals surface area contributed by atoms with E-state index in [9.17, 15) is 4.79 Å². The minimum absolute atomic E-state index is 0. The number of nitrogens with one attached hydrogen (secondary N) is 2. The zero-order chi connectivity index (χ0) is 15.7. The fourth-order valence-electron chi connectivity index (χ4n) is 1.65. The van der Waals surface area contributed by atoms with E-state index < -0.39 is 5.91 Å². The minimum atomic E-state index is -0.492. The van der Waals surface area contributed by atoms with Gasteiger partial charge in [-0.25, -0.2) is 4.99 Å². The van der Waals surface area contributed by atoms with Gasteiger partial charge in [-0.05, 0) is 38.5 Å². The quantitative estimate of drug-likeness (QED) is 0.356. The highest BCUT2D eigenvalue weighted by atomic mass is 127. The highest BCUT2D eigenvalue weighted by Crippen LogP contribution is 2.13. The summed E-state index contributed by atoms with van der Waals surface area (Å²) in [6, 6.07) is 7.77. The van der Waals surface area contributed by atoms with Gasteiger partial charge >= 0.3 is 0 Å². The molecule has 0 bridgehead atoms. The molecule has 0 unspecified atom stereocenters. The third-order valence-corrected chi connectivity index (χ3v) is 2.47. The maximum Gasteiger partial charge on any atom is 0.255 e. The normalized spacial score (nSPS) is 10.8. The van der Waals surface area contributed by atoms with Crippen molar-refractivity contribution in [2.24, 2.45) is 10.7 Å². The van der Waals surface area contributed by atoms with Gasteiger partial charge in [-0.3, -0.25) is 4.79 Å². The fourth-order valence-corrected chi connectivity index (χ4v) is 1.65. The molecular weight excluding hydrogens is 395 g/mol. The van der Waals surface area contributed by atoms with E-state index in [0.717, 1.165) is 18.1 Å². The lowest BCUT2D eigenvalue weighted by Gasteiger charge is -2.14. The molecule has 0 atom stereocenters. The smallest absolute Gasteiger partial charge is 0.255 e. The maximum absolute atomic E-state index is 10.7. The number of ether oxygens (including phenoxy) is 1. The number of hydrogen-bond acceptors (Lipinski definition) is 3. The lowest BCUT2D eigenvalue weighted by atomic mass is 10.2. The number of rotatable bonds is 7. The minimum Gasteiger partial charge on any atom is -0.484 e. The average Bonchev–Trinajstić information content (AvgIpc) is 2.43. The predicted molar refractivity (Wildman–Crippen MR) is 99.6 cm³/mol. The van der Waals surface area contributed by atoms with Crippen molar-refractivity contribution in [1.29, 1.82) is 0 Å². The van der Waals surface area contributed by atoms with Gasteiger partial charge in [-0.1, -0.05) is 12.1 Å². The molecule has 1 aromatic carbocycles. The zero-order valence-corrected chi connectivity index (χ0v) is 15.6. The second-order valence-electron chi connectivity index (χ2n) is 4.90. The molecule has 124 valence electrons. The molecule has 0 spiro atoms. The van der Waals surface area contributed by atoms with Gasteiger partial charge in [-0.15, -0.1) is 24.0 Å². The second-order valence-corrected chi connectivity index (χ2v) is 4.90. The molecule has 6 nitrogen and oxygen atoms in total. The summed E-state index contributed by atoms with van der Waals surface area (Å²) in [6.07, 6.45) is 0. The summed E-state index contributed by atoms with van der Waals surface area (Å²) in [4.78, 5) is 15.2. The van der Waals surface area contributed by atoms with Crippen LogP contribution in [0.3, 0.4) is 0 Å². The largest absolute Gasteiger partial charge is 0.484 e. The number of primary amides is 1. The van der Waals surface area contributed by atoms with Crippen LogP contribution in [0.5, 0.6) is 5.75 Å². The number of halogens is 1. The molecule has 0 radical (unpaired) electrons. The predicted octanol–water partition coefficient (Wildman–Crippen LogP) is 1.63. The van der Waals surface area contributed by atoms with Crippen LogP contribution in [0.25, 0.3) is 0 Å². The summed E-state index contributed by atoms with van der Waals surface area (Å²) >= 11 is 0. The number of aliphatic imine (C=N–C) groups is 1. The topological polar surface area (TPSA) is 88.7 Å². The van der Waals surface area contributed by atoms with E-state index >= 15 is 0 Å². The van der Waals surface area contributed by atoms with Gasteiger partial charge < -0.3 is 21.1 Å². The number of guanidine groups is 1. The lowest BCUT2D eigenvalue weighted by molar-refractivity contribution is -0.119. The third-order valence-electron chi connectivity index (χ3n) is 2.47. The number of carbonyl (C=O) groups excluding carboxylic acids is 1. The molecule has 1 aromatic rings. The highest BCUT2D eigenvalue weighted by Gasteiger charge is 2.02. The molecular formula is C15H25IN4O2. The van der Waals surface area contributed by atoms with Crippen molar-refractivity contribution in [1.82, 2.24) is 10.6 Å². The SMILES string of the molecule is CCNC(=NCc1cccc(OCC(N)=O)c1)NC(C)C.I. The van der Waals surface area contributed by atoms with Gasteiger partial charge in [-0.2, -0.15) is 0 Å². The van der Waals surface area contributed by atoms with Gasteiger partial charge in [0.1, 0.15) is 5.75 Å². The zero-order valence-electron chi connectivity index (χ0n) is 13.3. The summed E-state index contributed by atoms with van der Waals surface area (Å²) in [7, 11) is 0. The Labute approximate surface area is 148 Å². The van der Waals surface area contributed by atoms with Crippen LogP contribution in [0, 0.1) is 0 Å². The molecule has 4 N–H and O–H groups in total. The molecule has 22 heavy (non-hydrogen) atoms. The summed E-state index contributed by atoms with van der Waals surface area (Å²) < 4.78 is 5.27. The van der Waals surface area contributed by atoms with Crippen molar-refractivity contribution in [3.63, 3.8) is 0 Å². The van der Waals surface area contributed by atoms with Gasteiger partial charge in [0.05, 0.1) is 6.54 Å². The maximum atomic E-state index is 10.7. The number of hydrogen-bond donors (Lipinski definition) is 3. The Morgan fingerprint density at radius 2 is 2.14 bits per heavy atom. The number of carbonyl (C=O) groups is 1. The van der Waals surface area contributed by atoms with Crippen molar-refractivity contribution in [2.75, 3.05) is 13.2 Å². The van der Waals surface area contributed by atoms with E-state index in [0.29, 0.717) is 18.3 Å². The molecule has 0 saturated heterocycles. The van der Waals surface area contributed by atoms with Crippen molar-refractivity contribution in [3.05, 3.63) is 29.8 Å². The van der Waals surface area contributed by atoms with E-state index in [1.54, 1.807) is 6.07 Å². The molecule has 1 rings (SSSR count). The Bertz CT molecular complexity index is 492. The molecule has 0 fully saturated rings. The Balaban J connectivity index is 0.00000441. The highest BCUT2D eigenvalue weighted by molar-refractivity contribution is 14.0.